The van der Waals surface area contributed by atoms with E-state index in [1.165, 1.54) is 11.8 Å². The van der Waals surface area contributed by atoms with Gasteiger partial charge in [0.05, 0.1) is 17.9 Å². The average Bonchev–Trinajstić information content (AvgIpc) is 3.22. The van der Waals surface area contributed by atoms with Crippen molar-refractivity contribution in [3.63, 3.8) is 0 Å². The smallest absolute Gasteiger partial charge is 0.256 e. The van der Waals surface area contributed by atoms with Gasteiger partial charge in [-0.15, -0.1) is 11.8 Å². The Bertz CT molecular complexity index is 752. The first kappa shape index (κ1) is 18.6. The number of thioether (sulfide) groups is 1. The molecular weight excluding hydrogens is 350 g/mol. The Labute approximate surface area is 157 Å². The van der Waals surface area contributed by atoms with E-state index in [1.54, 1.807) is 30.5 Å². The molecule has 1 saturated heterocycles. The lowest BCUT2D eigenvalue weighted by Gasteiger charge is -2.19. The number of ether oxygens (including phenoxy) is 1. The zero-order valence-corrected chi connectivity index (χ0v) is 15.8. The summed E-state index contributed by atoms with van der Waals surface area (Å²) in [6, 6.07) is 5.56. The van der Waals surface area contributed by atoms with Crippen LogP contribution in [0.15, 0.2) is 35.7 Å². The topological polar surface area (TPSA) is 80.2 Å². The molecule has 0 saturated carbocycles. The average molecular weight is 373 g/mol. The molecule has 8 heteroatoms. The van der Waals surface area contributed by atoms with E-state index in [0.717, 1.165) is 36.2 Å². The highest BCUT2D eigenvalue weighted by Gasteiger charge is 2.19. The largest absolute Gasteiger partial charge is 0.381 e. The highest BCUT2D eigenvalue weighted by molar-refractivity contribution is 7.98. The van der Waals surface area contributed by atoms with Crippen molar-refractivity contribution in [2.45, 2.75) is 17.4 Å². The van der Waals surface area contributed by atoms with Crippen LogP contribution in [0.25, 0.3) is 0 Å². The minimum Gasteiger partial charge on any atom is -0.381 e. The number of nitrogens with one attached hydrogen (secondary N) is 1. The number of rotatable bonds is 7. The number of likely N-dealkylation sites (N-methyl/N-ethyl adjacent to an activating group) is 1. The zero-order chi connectivity index (χ0) is 18.4. The van der Waals surface area contributed by atoms with Crippen LogP contribution in [-0.2, 0) is 4.74 Å². The molecule has 1 fully saturated rings. The highest BCUT2D eigenvalue weighted by atomic mass is 32.2. The molecule has 0 unspecified atom stereocenters. The minimum absolute atomic E-state index is 0.0317. The maximum absolute atomic E-state index is 12.6. The van der Waals surface area contributed by atoms with Crippen molar-refractivity contribution in [3.8, 4) is 0 Å². The maximum atomic E-state index is 12.6. The summed E-state index contributed by atoms with van der Waals surface area (Å²) in [6.45, 7) is 2.68. The first-order chi connectivity index (χ1) is 12.7. The van der Waals surface area contributed by atoms with E-state index in [1.807, 2.05) is 18.4 Å². The van der Waals surface area contributed by atoms with Crippen LogP contribution in [0.5, 0.6) is 0 Å². The number of nitrogens with zero attached hydrogens (tertiary/aromatic N) is 4. The van der Waals surface area contributed by atoms with Crippen LogP contribution in [0, 0.1) is 0 Å². The van der Waals surface area contributed by atoms with Gasteiger partial charge >= 0.3 is 0 Å². The van der Waals surface area contributed by atoms with Crippen molar-refractivity contribution in [1.82, 2.24) is 19.9 Å². The predicted octanol–water partition coefficient (Wildman–Crippen LogP) is 2.28. The third-order valence-corrected chi connectivity index (χ3v) is 5.04. The molecule has 3 heterocycles. The van der Waals surface area contributed by atoms with Crippen LogP contribution in [-0.4, -0.2) is 65.4 Å². The van der Waals surface area contributed by atoms with Gasteiger partial charge in [-0.1, -0.05) is 0 Å². The summed E-state index contributed by atoms with van der Waals surface area (Å²) < 4.78 is 5.42. The predicted molar refractivity (Wildman–Crippen MR) is 102 cm³/mol. The lowest BCUT2D eigenvalue weighted by Crippen LogP contribution is -2.32. The summed E-state index contributed by atoms with van der Waals surface area (Å²) in [5.41, 5.74) is 1.64. The lowest BCUT2D eigenvalue weighted by atomic mass is 10.1. The monoisotopic (exact) mass is 373 g/mol. The summed E-state index contributed by atoms with van der Waals surface area (Å²) in [6.07, 6.45) is 6.19. The number of carbonyl (C=O) groups excluding carboxylic acids is 1. The van der Waals surface area contributed by atoms with Gasteiger partial charge in [-0.05, 0) is 24.8 Å². The Kier molecular flexibility index (Phi) is 6.40. The van der Waals surface area contributed by atoms with Gasteiger partial charge in [-0.3, -0.25) is 4.79 Å². The fourth-order valence-electron chi connectivity index (χ4n) is 2.84. The molecule has 1 amide bonds. The Balaban J connectivity index is 1.54. The molecule has 2 aromatic rings. The van der Waals surface area contributed by atoms with Gasteiger partial charge in [-0.2, -0.15) is 0 Å². The maximum Gasteiger partial charge on any atom is 0.256 e. The molecule has 1 aliphatic heterocycles. The fraction of sp³-hybridized carbons (Fsp3) is 0.444. The number of amides is 1. The summed E-state index contributed by atoms with van der Waals surface area (Å²) in [5, 5.41) is 4.01. The van der Waals surface area contributed by atoms with E-state index in [9.17, 15) is 4.79 Å². The SMILES string of the molecule is CSc1ncccc1C(=O)N(C)CCNc1cc([C@@H]2CCOC2)ncn1. The Morgan fingerprint density at radius 3 is 3.08 bits per heavy atom. The van der Waals surface area contributed by atoms with Crippen LogP contribution in [0.1, 0.15) is 28.4 Å². The quantitative estimate of drug-likeness (QED) is 0.746. The second-order valence-corrected chi connectivity index (χ2v) is 6.90. The van der Waals surface area contributed by atoms with Crippen molar-refractivity contribution in [3.05, 3.63) is 42.0 Å². The molecule has 138 valence electrons. The van der Waals surface area contributed by atoms with Gasteiger partial charge < -0.3 is 15.0 Å². The van der Waals surface area contributed by atoms with Crippen LogP contribution in [0.3, 0.4) is 0 Å². The first-order valence-corrected chi connectivity index (χ1v) is 9.79. The second kappa shape index (κ2) is 8.95. The standard InChI is InChI=1S/C18H23N5O2S/c1-23(18(24)14-4-3-6-20-17(14)26-2)8-7-19-16-10-15(21-12-22-16)13-5-9-25-11-13/h3-4,6,10,12-13H,5,7-9,11H2,1-2H3,(H,19,21,22)/t13-/m1/s1. The summed E-state index contributed by atoms with van der Waals surface area (Å²) >= 11 is 1.47. The molecule has 7 nitrogen and oxygen atoms in total. The second-order valence-electron chi connectivity index (χ2n) is 6.10. The number of aromatic nitrogens is 3. The van der Waals surface area contributed by atoms with Crippen LogP contribution >= 0.6 is 11.8 Å². The molecule has 0 aromatic carbocycles. The van der Waals surface area contributed by atoms with E-state index in [0.29, 0.717) is 24.6 Å². The van der Waals surface area contributed by atoms with Crippen LogP contribution < -0.4 is 5.32 Å². The van der Waals surface area contributed by atoms with Gasteiger partial charge in [0, 0.05) is 44.9 Å². The van der Waals surface area contributed by atoms with E-state index >= 15 is 0 Å². The zero-order valence-electron chi connectivity index (χ0n) is 15.0. The number of hydrogen-bond acceptors (Lipinski definition) is 7. The van der Waals surface area contributed by atoms with Gasteiger partial charge in [0.2, 0.25) is 0 Å². The van der Waals surface area contributed by atoms with Gasteiger partial charge in [0.1, 0.15) is 17.2 Å². The van der Waals surface area contributed by atoms with Crippen molar-refractivity contribution < 1.29 is 9.53 Å². The highest BCUT2D eigenvalue weighted by Crippen LogP contribution is 2.24. The number of hydrogen-bond donors (Lipinski definition) is 1. The van der Waals surface area contributed by atoms with Gasteiger partial charge in [-0.25, -0.2) is 15.0 Å². The molecule has 1 N–H and O–H groups in total. The van der Waals surface area contributed by atoms with E-state index in [-0.39, 0.29) is 5.91 Å². The minimum atomic E-state index is -0.0317. The molecule has 0 aliphatic carbocycles. The summed E-state index contributed by atoms with van der Waals surface area (Å²) in [7, 11) is 1.79. The molecular formula is C18H23N5O2S. The summed E-state index contributed by atoms with van der Waals surface area (Å²) in [4.78, 5) is 27.1. The third-order valence-electron chi connectivity index (χ3n) is 4.33. The molecule has 1 aliphatic rings. The molecule has 0 bridgehead atoms. The van der Waals surface area contributed by atoms with Gasteiger partial charge in [0.15, 0.2) is 0 Å². The molecule has 0 spiro atoms. The van der Waals surface area contributed by atoms with Crippen molar-refractivity contribution in [1.29, 1.82) is 0 Å². The van der Waals surface area contributed by atoms with Gasteiger partial charge in [0.25, 0.3) is 5.91 Å². The molecule has 2 aromatic heterocycles. The van der Waals surface area contributed by atoms with E-state index in [4.69, 9.17) is 4.74 Å². The van der Waals surface area contributed by atoms with E-state index < -0.39 is 0 Å². The van der Waals surface area contributed by atoms with Crippen LogP contribution in [0.4, 0.5) is 5.82 Å². The lowest BCUT2D eigenvalue weighted by molar-refractivity contribution is 0.0796. The fourth-order valence-corrected chi connectivity index (χ4v) is 3.38. The third kappa shape index (κ3) is 4.50. The van der Waals surface area contributed by atoms with Crippen molar-refractivity contribution in [2.75, 3.05) is 44.9 Å². The Hall–Kier alpha value is -2.19. The summed E-state index contributed by atoms with van der Waals surface area (Å²) in [5.74, 6) is 1.09. The normalized spacial score (nSPS) is 16.5. The Morgan fingerprint density at radius 2 is 2.31 bits per heavy atom. The molecule has 26 heavy (non-hydrogen) atoms. The Morgan fingerprint density at radius 1 is 1.42 bits per heavy atom. The number of anilines is 1. The number of carbonyl (C=O) groups is 1. The molecule has 0 radical (unpaired) electrons. The van der Waals surface area contributed by atoms with Crippen molar-refractivity contribution in [2.24, 2.45) is 0 Å². The van der Waals surface area contributed by atoms with Crippen molar-refractivity contribution >= 4 is 23.5 Å². The van der Waals surface area contributed by atoms with Crippen LogP contribution in [0.2, 0.25) is 0 Å². The first-order valence-electron chi connectivity index (χ1n) is 8.57. The van der Waals surface area contributed by atoms with E-state index in [2.05, 4.69) is 20.3 Å². The molecule has 1 atom stereocenters. The number of pyridine rings is 1. The molecule has 3 rings (SSSR count).